The van der Waals surface area contributed by atoms with Crippen molar-refractivity contribution in [2.24, 2.45) is 23.7 Å². The van der Waals surface area contributed by atoms with Crippen molar-refractivity contribution in [3.8, 4) is 0 Å². The first-order chi connectivity index (χ1) is 20.0. The van der Waals surface area contributed by atoms with Crippen LogP contribution in [0.25, 0.3) is 0 Å². The van der Waals surface area contributed by atoms with E-state index >= 15 is 0 Å². The topological polar surface area (TPSA) is 18.5 Å². The summed E-state index contributed by atoms with van der Waals surface area (Å²) in [5.41, 5.74) is -0.175. The summed E-state index contributed by atoms with van der Waals surface area (Å²) in [5.74, 6) is 2.65. The molecule has 0 spiro atoms. The zero-order chi connectivity index (χ0) is 29.0. The van der Waals surface area contributed by atoms with Gasteiger partial charge in [-0.1, -0.05) is 0 Å². The van der Waals surface area contributed by atoms with E-state index in [4.69, 9.17) is 29.9 Å². The molecule has 7 heteroatoms. The molecular weight excluding hydrogens is 632 g/mol. The number of ether oxygens (including phenoxy) is 2. The molecule has 4 aliphatic carbocycles. The molecule has 0 saturated heterocycles. The van der Waals surface area contributed by atoms with Crippen molar-refractivity contribution in [2.75, 3.05) is 26.5 Å². The zero-order valence-electron chi connectivity index (χ0n) is 26.1. The third-order valence-electron chi connectivity index (χ3n) is 11.1. The Morgan fingerprint density at radius 2 is 0.805 bits per heavy atom. The van der Waals surface area contributed by atoms with Crippen LogP contribution in [0.2, 0.25) is 0 Å². The molecule has 0 aromatic rings. The van der Waals surface area contributed by atoms with E-state index in [0.717, 1.165) is 12.3 Å². The number of methoxy groups -OCH3 is 2. The normalized spacial score (nSPS) is 25.1. The SMILES string of the molecule is COC(C=CC[PH][Ni]([Cl])([Cl])[PH]CC=CC(OC)(C1CCCCC1)C1CCCCC1)(C1CCCCC1)C1CCCCC1. The van der Waals surface area contributed by atoms with Crippen LogP contribution in [0, 0.1) is 23.7 Å². The van der Waals surface area contributed by atoms with Gasteiger partial charge in [-0.3, -0.25) is 0 Å². The predicted molar refractivity (Wildman–Crippen MR) is 182 cm³/mol. The van der Waals surface area contributed by atoms with Gasteiger partial charge in [0.05, 0.1) is 0 Å². The molecule has 0 N–H and O–H groups in total. The van der Waals surface area contributed by atoms with Crippen LogP contribution in [0.1, 0.15) is 128 Å². The Labute approximate surface area is 267 Å². The van der Waals surface area contributed by atoms with Gasteiger partial charge >= 0.3 is 268 Å². The number of hydrogen-bond acceptors (Lipinski definition) is 2. The molecule has 0 heterocycles. The third-order valence-corrected chi connectivity index (χ3v) is 23.2. The first-order valence-electron chi connectivity index (χ1n) is 17.0. The first-order valence-corrected chi connectivity index (χ1v) is 24.7. The van der Waals surface area contributed by atoms with E-state index in [-0.39, 0.29) is 11.2 Å². The molecule has 41 heavy (non-hydrogen) atoms. The summed E-state index contributed by atoms with van der Waals surface area (Å²) in [6, 6.07) is 0. The van der Waals surface area contributed by atoms with Gasteiger partial charge in [0.15, 0.2) is 0 Å². The van der Waals surface area contributed by atoms with Crippen molar-refractivity contribution in [1.82, 2.24) is 0 Å². The van der Waals surface area contributed by atoms with Crippen LogP contribution in [0.3, 0.4) is 0 Å². The molecule has 2 nitrogen and oxygen atoms in total. The number of halogens is 2. The number of hydrogen-bond donors (Lipinski definition) is 0. The fourth-order valence-corrected chi connectivity index (χ4v) is 17.4. The minimum atomic E-state index is -1.73. The molecule has 2 unspecified atom stereocenters. The summed E-state index contributed by atoms with van der Waals surface area (Å²) in [6.07, 6.45) is 38.7. The Morgan fingerprint density at radius 3 is 1.05 bits per heavy atom. The summed E-state index contributed by atoms with van der Waals surface area (Å²) < 4.78 is 13.0. The average molecular weight is 692 g/mol. The van der Waals surface area contributed by atoms with Crippen LogP contribution in [0.5, 0.6) is 0 Å². The van der Waals surface area contributed by atoms with Gasteiger partial charge in [0, 0.05) is 0 Å². The van der Waals surface area contributed by atoms with Crippen LogP contribution in [-0.2, 0) is 19.2 Å². The van der Waals surface area contributed by atoms with E-state index in [0.29, 0.717) is 38.4 Å². The van der Waals surface area contributed by atoms with Crippen LogP contribution in [-0.4, -0.2) is 37.7 Å². The van der Waals surface area contributed by atoms with Crippen molar-refractivity contribution >= 4 is 35.1 Å². The number of allylic oxidation sites excluding steroid dienone is 2. The monoisotopic (exact) mass is 690 g/mol. The van der Waals surface area contributed by atoms with Crippen molar-refractivity contribution < 1.29 is 19.2 Å². The summed E-state index contributed by atoms with van der Waals surface area (Å²) in [4.78, 5) is 0. The molecule has 0 radical (unpaired) electrons. The first kappa shape index (κ1) is 35.2. The fourth-order valence-electron chi connectivity index (χ4n) is 8.99. The van der Waals surface area contributed by atoms with Gasteiger partial charge in [0.1, 0.15) is 0 Å². The van der Waals surface area contributed by atoms with Crippen LogP contribution in [0.15, 0.2) is 24.3 Å². The van der Waals surface area contributed by atoms with Crippen LogP contribution in [0.4, 0.5) is 0 Å². The van der Waals surface area contributed by atoms with Gasteiger partial charge < -0.3 is 0 Å². The van der Waals surface area contributed by atoms with E-state index in [9.17, 15) is 0 Å². The summed E-state index contributed by atoms with van der Waals surface area (Å²) in [6.45, 7) is 0. The van der Waals surface area contributed by atoms with Gasteiger partial charge in [0.2, 0.25) is 0 Å². The summed E-state index contributed by atoms with van der Waals surface area (Å²) >= 11 is 0. The quantitative estimate of drug-likeness (QED) is 0.103. The van der Waals surface area contributed by atoms with Crippen molar-refractivity contribution in [3.05, 3.63) is 24.3 Å². The van der Waals surface area contributed by atoms with E-state index < -0.39 is 9.74 Å². The minimum absolute atomic E-state index is 0.0875. The molecule has 4 saturated carbocycles. The Balaban J connectivity index is 1.34. The van der Waals surface area contributed by atoms with Gasteiger partial charge in [-0.2, -0.15) is 0 Å². The Hall–Kier alpha value is 1.33. The molecule has 4 fully saturated rings. The maximum absolute atomic E-state index is 7.05. The van der Waals surface area contributed by atoms with Gasteiger partial charge in [-0.15, -0.1) is 0 Å². The summed E-state index contributed by atoms with van der Waals surface area (Å²) in [5, 5.41) is 0. The molecule has 4 rings (SSSR count). The third kappa shape index (κ3) is 9.67. The summed E-state index contributed by atoms with van der Waals surface area (Å²) in [7, 11) is 17.5. The Kier molecular flexibility index (Phi) is 15.3. The molecule has 0 aromatic carbocycles. The van der Waals surface area contributed by atoms with Gasteiger partial charge in [0.25, 0.3) is 0 Å². The zero-order valence-corrected chi connectivity index (χ0v) is 30.6. The molecule has 0 aliphatic heterocycles. The standard InChI is InChI=1S/2C17H30OP.2ClH.Ni/c2*1-18-17(13-8-14-19,15-9-4-2-5-10-15)16-11-6-3-7-12-16;;;/h2*8,13,15-16,19H,2-7,9-12,14H2,1H3;2*1H;/q2*-1;;;+4/p-2. The molecule has 0 amide bonds. The van der Waals surface area contributed by atoms with Crippen LogP contribution >= 0.6 is 35.1 Å². The second-order valence-electron chi connectivity index (χ2n) is 13.3. The van der Waals surface area contributed by atoms with Crippen molar-refractivity contribution in [3.63, 3.8) is 0 Å². The van der Waals surface area contributed by atoms with Gasteiger partial charge in [-0.05, 0) is 0 Å². The van der Waals surface area contributed by atoms with E-state index in [2.05, 4.69) is 24.3 Å². The van der Waals surface area contributed by atoms with E-state index in [1.54, 1.807) is 0 Å². The van der Waals surface area contributed by atoms with E-state index in [1.807, 2.05) is 14.2 Å². The Bertz CT molecular complexity index is 699. The second-order valence-corrected chi connectivity index (χ2v) is 29.7. The predicted octanol–water partition coefficient (Wildman–Crippen LogP) is 11.8. The average Bonchev–Trinajstić information content (AvgIpc) is 3.03. The number of rotatable bonds is 14. The fraction of sp³-hybridized carbons (Fsp3) is 0.882. The second kappa shape index (κ2) is 17.9. The molecule has 242 valence electrons. The maximum atomic E-state index is 7.05. The van der Waals surface area contributed by atoms with Crippen LogP contribution < -0.4 is 0 Å². The molecule has 0 bridgehead atoms. The molecular formula is C34H60Cl2NiO2P2. The molecule has 4 aliphatic rings. The Morgan fingerprint density at radius 1 is 0.537 bits per heavy atom. The molecule has 2 atom stereocenters. The van der Waals surface area contributed by atoms with Crippen molar-refractivity contribution in [2.45, 2.75) is 140 Å². The van der Waals surface area contributed by atoms with Gasteiger partial charge in [-0.25, -0.2) is 0 Å². The van der Waals surface area contributed by atoms with E-state index in [1.165, 1.54) is 128 Å². The van der Waals surface area contributed by atoms with Crippen molar-refractivity contribution in [1.29, 1.82) is 0 Å². The molecule has 0 aromatic heterocycles.